The fraction of sp³-hybridized carbons (Fsp3) is 0.667. The number of hydrogen-bond acceptors (Lipinski definition) is 4. The van der Waals surface area contributed by atoms with Crippen LogP contribution in [0.3, 0.4) is 0 Å². The molecule has 1 aliphatic heterocycles. The van der Waals surface area contributed by atoms with Gasteiger partial charge in [0, 0.05) is 32.2 Å². The molecule has 0 aromatic heterocycles. The standard InChI is InChI=1S/C21H35N3O3/c1-4-22-21(23-10-6-11-25-15-19-9-12-26-16-19)24-14-18-7-8-20(27-5-2)17(3)13-18/h7-8,13,19H,4-6,9-12,14-16H2,1-3H3,(H2,22,23,24). The summed E-state index contributed by atoms with van der Waals surface area (Å²) in [5.41, 5.74) is 2.32. The van der Waals surface area contributed by atoms with Crippen LogP contribution in [0.1, 0.15) is 37.8 Å². The first-order valence-electron chi connectivity index (χ1n) is 10.1. The van der Waals surface area contributed by atoms with Crippen LogP contribution in [0.2, 0.25) is 0 Å². The third kappa shape index (κ3) is 8.18. The summed E-state index contributed by atoms with van der Waals surface area (Å²) in [4.78, 5) is 4.68. The predicted octanol–water partition coefficient (Wildman–Crippen LogP) is 2.89. The molecule has 1 heterocycles. The molecular weight excluding hydrogens is 342 g/mol. The third-order valence-electron chi connectivity index (χ3n) is 4.44. The van der Waals surface area contributed by atoms with Gasteiger partial charge in [0.05, 0.1) is 26.4 Å². The number of nitrogens with one attached hydrogen (secondary N) is 2. The van der Waals surface area contributed by atoms with Crippen LogP contribution in [0.5, 0.6) is 5.75 Å². The van der Waals surface area contributed by atoms with Crippen LogP contribution in [0, 0.1) is 12.8 Å². The number of ether oxygens (including phenoxy) is 3. The van der Waals surface area contributed by atoms with Crippen molar-refractivity contribution < 1.29 is 14.2 Å². The van der Waals surface area contributed by atoms with E-state index in [-0.39, 0.29) is 0 Å². The SMILES string of the molecule is CCNC(=NCc1ccc(OCC)c(C)c1)NCCCOCC1CCOC1. The average molecular weight is 378 g/mol. The lowest BCUT2D eigenvalue weighted by molar-refractivity contribution is 0.0888. The third-order valence-corrected chi connectivity index (χ3v) is 4.44. The topological polar surface area (TPSA) is 64.1 Å². The lowest BCUT2D eigenvalue weighted by atomic mass is 10.1. The van der Waals surface area contributed by atoms with Crippen LogP contribution in [0.15, 0.2) is 23.2 Å². The molecule has 152 valence electrons. The van der Waals surface area contributed by atoms with Crippen molar-refractivity contribution in [1.29, 1.82) is 0 Å². The molecule has 0 saturated carbocycles. The fourth-order valence-corrected chi connectivity index (χ4v) is 2.99. The summed E-state index contributed by atoms with van der Waals surface area (Å²) in [5.74, 6) is 2.36. The maximum atomic E-state index is 5.74. The molecule has 2 rings (SSSR count). The summed E-state index contributed by atoms with van der Waals surface area (Å²) in [6, 6.07) is 6.24. The van der Waals surface area contributed by atoms with Gasteiger partial charge in [-0.05, 0) is 50.8 Å². The average Bonchev–Trinajstić information content (AvgIpc) is 3.18. The van der Waals surface area contributed by atoms with Gasteiger partial charge in [0.15, 0.2) is 5.96 Å². The molecule has 2 N–H and O–H groups in total. The highest BCUT2D eigenvalue weighted by Gasteiger charge is 2.15. The van der Waals surface area contributed by atoms with Gasteiger partial charge in [0.25, 0.3) is 0 Å². The highest BCUT2D eigenvalue weighted by molar-refractivity contribution is 5.79. The van der Waals surface area contributed by atoms with E-state index in [1.165, 1.54) is 5.56 Å². The van der Waals surface area contributed by atoms with E-state index >= 15 is 0 Å². The Labute approximate surface area is 163 Å². The molecule has 0 radical (unpaired) electrons. The van der Waals surface area contributed by atoms with E-state index < -0.39 is 0 Å². The number of rotatable bonds is 11. The second-order valence-corrected chi connectivity index (χ2v) is 6.81. The van der Waals surface area contributed by atoms with Crippen molar-refractivity contribution in [2.45, 2.75) is 40.2 Å². The van der Waals surface area contributed by atoms with Crippen molar-refractivity contribution in [1.82, 2.24) is 10.6 Å². The predicted molar refractivity (Wildman–Crippen MR) is 110 cm³/mol. The molecule has 0 spiro atoms. The van der Waals surface area contributed by atoms with Crippen LogP contribution >= 0.6 is 0 Å². The Morgan fingerprint density at radius 3 is 2.89 bits per heavy atom. The second kappa shape index (κ2) is 12.6. The number of aliphatic imine (C=N–C) groups is 1. The fourth-order valence-electron chi connectivity index (χ4n) is 2.99. The number of hydrogen-bond donors (Lipinski definition) is 2. The van der Waals surface area contributed by atoms with Crippen LogP contribution in [-0.4, -0.2) is 52.1 Å². The zero-order chi connectivity index (χ0) is 19.3. The van der Waals surface area contributed by atoms with Crippen LogP contribution in [0.4, 0.5) is 0 Å². The van der Waals surface area contributed by atoms with E-state index in [4.69, 9.17) is 14.2 Å². The van der Waals surface area contributed by atoms with E-state index in [0.29, 0.717) is 19.1 Å². The minimum absolute atomic E-state index is 0.578. The van der Waals surface area contributed by atoms with Gasteiger partial charge in [-0.15, -0.1) is 0 Å². The molecule has 1 saturated heterocycles. The van der Waals surface area contributed by atoms with E-state index in [2.05, 4.69) is 41.6 Å². The Hall–Kier alpha value is -1.79. The molecule has 0 aliphatic carbocycles. The summed E-state index contributed by atoms with van der Waals surface area (Å²) in [5, 5.41) is 6.67. The molecule has 0 amide bonds. The summed E-state index contributed by atoms with van der Waals surface area (Å²) >= 11 is 0. The second-order valence-electron chi connectivity index (χ2n) is 6.81. The van der Waals surface area contributed by atoms with Crippen molar-refractivity contribution >= 4 is 5.96 Å². The first kappa shape index (κ1) is 21.5. The summed E-state index contributed by atoms with van der Waals surface area (Å²) in [6.45, 7) is 12.5. The molecule has 1 fully saturated rings. The van der Waals surface area contributed by atoms with Crippen molar-refractivity contribution in [2.75, 3.05) is 46.1 Å². The Balaban J connectivity index is 1.70. The van der Waals surface area contributed by atoms with E-state index in [9.17, 15) is 0 Å². The quantitative estimate of drug-likeness (QED) is 0.353. The van der Waals surface area contributed by atoms with Crippen molar-refractivity contribution in [2.24, 2.45) is 10.9 Å². The molecule has 6 nitrogen and oxygen atoms in total. The molecular formula is C21H35N3O3. The minimum Gasteiger partial charge on any atom is -0.494 e. The highest BCUT2D eigenvalue weighted by atomic mass is 16.5. The van der Waals surface area contributed by atoms with Gasteiger partial charge in [-0.2, -0.15) is 0 Å². The Morgan fingerprint density at radius 1 is 1.30 bits per heavy atom. The Morgan fingerprint density at radius 2 is 2.19 bits per heavy atom. The Bertz CT molecular complexity index is 572. The van der Waals surface area contributed by atoms with Gasteiger partial charge in [0.2, 0.25) is 0 Å². The van der Waals surface area contributed by atoms with Gasteiger partial charge in [0.1, 0.15) is 5.75 Å². The number of guanidine groups is 1. The van der Waals surface area contributed by atoms with Gasteiger partial charge in [-0.25, -0.2) is 4.99 Å². The van der Waals surface area contributed by atoms with Crippen molar-refractivity contribution in [3.8, 4) is 5.75 Å². The lowest BCUT2D eigenvalue weighted by Crippen LogP contribution is -2.38. The van der Waals surface area contributed by atoms with Gasteiger partial charge in [-0.1, -0.05) is 12.1 Å². The zero-order valence-corrected chi connectivity index (χ0v) is 17.1. The first-order valence-corrected chi connectivity index (χ1v) is 10.1. The minimum atomic E-state index is 0.578. The number of benzene rings is 1. The first-order chi connectivity index (χ1) is 13.2. The molecule has 1 aliphatic rings. The van der Waals surface area contributed by atoms with Crippen LogP contribution in [0.25, 0.3) is 0 Å². The molecule has 1 aromatic carbocycles. The Kier molecular flexibility index (Phi) is 10.0. The van der Waals surface area contributed by atoms with E-state index in [1.54, 1.807) is 0 Å². The zero-order valence-electron chi connectivity index (χ0n) is 17.1. The summed E-state index contributed by atoms with van der Waals surface area (Å²) < 4.78 is 16.7. The van der Waals surface area contributed by atoms with Gasteiger partial charge < -0.3 is 24.8 Å². The lowest BCUT2D eigenvalue weighted by Gasteiger charge is -2.13. The maximum Gasteiger partial charge on any atom is 0.191 e. The van der Waals surface area contributed by atoms with Crippen LogP contribution in [-0.2, 0) is 16.0 Å². The molecule has 6 heteroatoms. The van der Waals surface area contributed by atoms with Crippen molar-refractivity contribution in [3.63, 3.8) is 0 Å². The van der Waals surface area contributed by atoms with Gasteiger partial charge in [-0.3, -0.25) is 0 Å². The molecule has 1 unspecified atom stereocenters. The van der Waals surface area contributed by atoms with Gasteiger partial charge >= 0.3 is 0 Å². The molecule has 27 heavy (non-hydrogen) atoms. The molecule has 1 aromatic rings. The van der Waals surface area contributed by atoms with E-state index in [0.717, 1.165) is 69.6 Å². The summed E-state index contributed by atoms with van der Waals surface area (Å²) in [6.07, 6.45) is 2.08. The van der Waals surface area contributed by atoms with Crippen LogP contribution < -0.4 is 15.4 Å². The smallest absolute Gasteiger partial charge is 0.191 e. The normalized spacial score (nSPS) is 17.1. The highest BCUT2D eigenvalue weighted by Crippen LogP contribution is 2.19. The summed E-state index contributed by atoms with van der Waals surface area (Å²) in [7, 11) is 0. The molecule has 1 atom stereocenters. The van der Waals surface area contributed by atoms with Crippen molar-refractivity contribution in [3.05, 3.63) is 29.3 Å². The monoisotopic (exact) mass is 377 g/mol. The van der Waals surface area contributed by atoms with E-state index in [1.807, 2.05) is 13.0 Å². The molecule has 0 bridgehead atoms. The number of nitrogens with zero attached hydrogens (tertiary/aromatic N) is 1. The largest absolute Gasteiger partial charge is 0.494 e. The number of aryl methyl sites for hydroxylation is 1. The maximum absolute atomic E-state index is 5.74.